The zero-order valence-corrected chi connectivity index (χ0v) is 11.1. The van der Waals surface area contributed by atoms with E-state index >= 15 is 0 Å². The lowest BCUT2D eigenvalue weighted by Crippen LogP contribution is -2.36. The molecule has 4 nitrogen and oxygen atoms in total. The molecule has 0 bridgehead atoms. The number of rotatable bonds is 6. The van der Waals surface area contributed by atoms with Crippen molar-refractivity contribution in [3.63, 3.8) is 0 Å². The van der Waals surface area contributed by atoms with Crippen molar-refractivity contribution in [2.24, 2.45) is 0 Å². The average Bonchev–Trinajstić information content (AvgIpc) is 2.77. The first-order valence-electron chi connectivity index (χ1n) is 6.54. The third-order valence-electron chi connectivity index (χ3n) is 3.16. The molecule has 100 valence electrons. The number of carboxylic acids is 1. The van der Waals surface area contributed by atoms with Crippen LogP contribution in [0.25, 0.3) is 5.69 Å². The maximum Gasteiger partial charge on any atom is 0.303 e. The van der Waals surface area contributed by atoms with Gasteiger partial charge >= 0.3 is 5.97 Å². The highest BCUT2D eigenvalue weighted by Crippen LogP contribution is 2.07. The average molecular weight is 259 g/mol. The van der Waals surface area contributed by atoms with Gasteiger partial charge < -0.3 is 5.11 Å². The molecule has 1 aromatic heterocycles. The van der Waals surface area contributed by atoms with Gasteiger partial charge in [-0.2, -0.15) is 4.57 Å². The second-order valence-corrected chi connectivity index (χ2v) is 4.64. The van der Waals surface area contributed by atoms with Crippen molar-refractivity contribution in [2.75, 3.05) is 0 Å². The van der Waals surface area contributed by atoms with Crippen LogP contribution < -0.4 is 4.57 Å². The molecule has 0 saturated heterocycles. The maximum atomic E-state index is 10.5. The highest BCUT2D eigenvalue weighted by molar-refractivity contribution is 5.66. The number of aryl methyl sites for hydroxylation is 2. The Morgan fingerprint density at radius 1 is 1.26 bits per heavy atom. The molecule has 0 spiro atoms. The molecule has 19 heavy (non-hydrogen) atoms. The number of imidazole rings is 1. The first-order valence-corrected chi connectivity index (χ1v) is 6.54. The van der Waals surface area contributed by atoms with Gasteiger partial charge in [0.05, 0.1) is 0 Å². The zero-order valence-electron chi connectivity index (χ0n) is 11.1. The minimum atomic E-state index is -0.721. The Hall–Kier alpha value is -2.10. The van der Waals surface area contributed by atoms with Gasteiger partial charge in [-0.3, -0.25) is 4.79 Å². The summed E-state index contributed by atoms with van der Waals surface area (Å²) in [6, 6.07) is 10.2. The van der Waals surface area contributed by atoms with E-state index in [-0.39, 0.29) is 6.42 Å². The Morgan fingerprint density at radius 2 is 2.00 bits per heavy atom. The quantitative estimate of drug-likeness (QED) is 0.618. The minimum absolute atomic E-state index is 0.245. The number of hydrogen-bond acceptors (Lipinski definition) is 1. The number of aliphatic carboxylic acids is 1. The van der Waals surface area contributed by atoms with Crippen LogP contribution in [0.3, 0.4) is 0 Å². The van der Waals surface area contributed by atoms with E-state index in [0.717, 1.165) is 24.4 Å². The van der Waals surface area contributed by atoms with Crippen molar-refractivity contribution in [1.82, 2.24) is 4.98 Å². The molecule has 0 amide bonds. The minimum Gasteiger partial charge on any atom is -0.481 e. The Labute approximate surface area is 112 Å². The van der Waals surface area contributed by atoms with Gasteiger partial charge in [0, 0.05) is 19.8 Å². The van der Waals surface area contributed by atoms with E-state index in [1.54, 1.807) is 0 Å². The van der Waals surface area contributed by atoms with Crippen LogP contribution in [-0.4, -0.2) is 16.1 Å². The number of aromatic amines is 1. The summed E-state index contributed by atoms with van der Waals surface area (Å²) < 4.78 is 2.18. The zero-order chi connectivity index (χ0) is 13.7. The van der Waals surface area contributed by atoms with Crippen LogP contribution in [0.2, 0.25) is 0 Å². The van der Waals surface area contributed by atoms with E-state index in [2.05, 4.69) is 21.7 Å². The maximum absolute atomic E-state index is 10.5. The van der Waals surface area contributed by atoms with E-state index in [0.29, 0.717) is 6.42 Å². The second kappa shape index (κ2) is 6.18. The highest BCUT2D eigenvalue weighted by Gasteiger charge is 2.15. The number of nitrogens with zero attached hydrogens (tertiary/aromatic N) is 1. The summed E-state index contributed by atoms with van der Waals surface area (Å²) in [5.74, 6) is 0.362. The van der Waals surface area contributed by atoms with Crippen LogP contribution in [0.5, 0.6) is 0 Å². The summed E-state index contributed by atoms with van der Waals surface area (Å²) in [6.07, 6.45) is 4.73. The molecule has 0 radical (unpaired) electrons. The number of carboxylic acid groups (broad SMARTS) is 1. The third-order valence-corrected chi connectivity index (χ3v) is 3.16. The van der Waals surface area contributed by atoms with Gasteiger partial charge in [0.1, 0.15) is 17.6 Å². The fraction of sp³-hybridized carbons (Fsp3) is 0.333. The van der Waals surface area contributed by atoms with Crippen molar-refractivity contribution in [3.05, 3.63) is 48.0 Å². The topological polar surface area (TPSA) is 57.0 Å². The largest absolute Gasteiger partial charge is 0.481 e. The lowest BCUT2D eigenvalue weighted by atomic mass is 10.1. The molecule has 0 atom stereocenters. The SMILES string of the molecule is Cc1[nH]cc(CCCCC(=O)O)[n+]1-c1ccccc1. The Morgan fingerprint density at radius 3 is 2.68 bits per heavy atom. The first kappa shape index (κ1) is 13.3. The fourth-order valence-electron chi connectivity index (χ4n) is 2.24. The molecule has 0 aliphatic rings. The lowest BCUT2D eigenvalue weighted by Gasteiger charge is -2.02. The summed E-state index contributed by atoms with van der Waals surface area (Å²) in [5.41, 5.74) is 2.32. The summed E-state index contributed by atoms with van der Waals surface area (Å²) in [6.45, 7) is 2.04. The second-order valence-electron chi connectivity index (χ2n) is 4.64. The smallest absolute Gasteiger partial charge is 0.303 e. The monoisotopic (exact) mass is 259 g/mol. The Bertz CT molecular complexity index is 547. The molecular weight excluding hydrogens is 240 g/mol. The standard InChI is InChI=1S/C15H18N2O2/c1-12-16-11-14(9-5-6-10-15(18)19)17(12)13-7-3-2-4-8-13/h2-4,7-8,11H,5-6,9-10H2,1H3,(H,18,19)/p+1. The van der Waals surface area contributed by atoms with Crippen molar-refractivity contribution in [2.45, 2.75) is 32.6 Å². The number of benzene rings is 1. The van der Waals surface area contributed by atoms with Crippen molar-refractivity contribution in [3.8, 4) is 5.69 Å². The Balaban J connectivity index is 2.08. The van der Waals surface area contributed by atoms with Crippen LogP contribution in [0, 0.1) is 6.92 Å². The number of H-pyrrole nitrogens is 1. The van der Waals surface area contributed by atoms with Gasteiger partial charge in [-0.15, -0.1) is 0 Å². The van der Waals surface area contributed by atoms with E-state index in [1.807, 2.05) is 31.3 Å². The van der Waals surface area contributed by atoms with E-state index in [9.17, 15) is 4.79 Å². The molecule has 2 aromatic rings. The molecule has 0 fully saturated rings. The number of unbranched alkanes of at least 4 members (excludes halogenated alkanes) is 1. The molecule has 2 rings (SSSR count). The molecule has 0 unspecified atom stereocenters. The molecular formula is C15H19N2O2+. The van der Waals surface area contributed by atoms with Crippen LogP contribution in [-0.2, 0) is 11.2 Å². The van der Waals surface area contributed by atoms with E-state index in [4.69, 9.17) is 5.11 Å². The van der Waals surface area contributed by atoms with Crippen LogP contribution in [0.15, 0.2) is 36.5 Å². The molecule has 0 aliphatic carbocycles. The molecule has 1 aromatic carbocycles. The number of para-hydroxylation sites is 1. The van der Waals surface area contributed by atoms with Crippen LogP contribution in [0.4, 0.5) is 0 Å². The molecule has 1 heterocycles. The number of carbonyl (C=O) groups is 1. The summed E-state index contributed by atoms with van der Waals surface area (Å²) in [4.78, 5) is 13.7. The van der Waals surface area contributed by atoms with E-state index in [1.165, 1.54) is 5.69 Å². The predicted molar refractivity (Wildman–Crippen MR) is 72.3 cm³/mol. The number of aromatic nitrogens is 2. The number of nitrogens with one attached hydrogen (secondary N) is 1. The van der Waals surface area contributed by atoms with Gasteiger partial charge in [-0.25, -0.2) is 4.98 Å². The first-order chi connectivity index (χ1) is 9.18. The van der Waals surface area contributed by atoms with Crippen molar-refractivity contribution in [1.29, 1.82) is 0 Å². The van der Waals surface area contributed by atoms with Gasteiger partial charge in [0.25, 0.3) is 5.82 Å². The summed E-state index contributed by atoms with van der Waals surface area (Å²) >= 11 is 0. The fourth-order valence-corrected chi connectivity index (χ4v) is 2.24. The van der Waals surface area contributed by atoms with Crippen molar-refractivity contribution >= 4 is 5.97 Å². The molecule has 0 saturated carbocycles. The van der Waals surface area contributed by atoms with Crippen LogP contribution >= 0.6 is 0 Å². The van der Waals surface area contributed by atoms with Crippen LogP contribution in [0.1, 0.15) is 30.8 Å². The van der Waals surface area contributed by atoms with Gasteiger partial charge in [-0.1, -0.05) is 18.2 Å². The van der Waals surface area contributed by atoms with Crippen molar-refractivity contribution < 1.29 is 14.5 Å². The van der Waals surface area contributed by atoms with Gasteiger partial charge in [0.2, 0.25) is 0 Å². The molecule has 0 aliphatic heterocycles. The molecule has 4 heteroatoms. The highest BCUT2D eigenvalue weighted by atomic mass is 16.4. The molecule has 2 N–H and O–H groups in total. The lowest BCUT2D eigenvalue weighted by molar-refractivity contribution is -0.609. The van der Waals surface area contributed by atoms with E-state index < -0.39 is 5.97 Å². The van der Waals surface area contributed by atoms with Gasteiger partial charge in [0.15, 0.2) is 0 Å². The normalized spacial score (nSPS) is 10.6. The summed E-state index contributed by atoms with van der Waals surface area (Å²) in [5, 5.41) is 8.64. The summed E-state index contributed by atoms with van der Waals surface area (Å²) in [7, 11) is 0. The predicted octanol–water partition coefficient (Wildman–Crippen LogP) is 2.40. The third kappa shape index (κ3) is 3.44. The Kier molecular flexibility index (Phi) is 4.34. The van der Waals surface area contributed by atoms with Gasteiger partial charge in [-0.05, 0) is 25.0 Å². The number of hydrogen-bond donors (Lipinski definition) is 2.